The smallest absolute Gasteiger partial charge is 0.317 e. The van der Waals surface area contributed by atoms with E-state index in [-0.39, 0.29) is 6.03 Å². The minimum absolute atomic E-state index is 0.0356. The number of amides is 2. The molecule has 0 aromatic heterocycles. The number of nitrogens with one attached hydrogen (secondary N) is 1. The quantitative estimate of drug-likeness (QED) is 0.737. The lowest BCUT2D eigenvalue weighted by Gasteiger charge is -2.42. The van der Waals surface area contributed by atoms with Crippen molar-refractivity contribution in [2.45, 2.75) is 38.1 Å². The van der Waals surface area contributed by atoms with Crippen molar-refractivity contribution < 1.29 is 9.53 Å². The monoisotopic (exact) mass is 255 g/mol. The normalized spacial score (nSPS) is 26.6. The average Bonchev–Trinajstić information content (AvgIpc) is 2.72. The number of likely N-dealkylation sites (tertiary alicyclic amines) is 1. The maximum Gasteiger partial charge on any atom is 0.317 e. The molecule has 3 N–H and O–H groups in total. The summed E-state index contributed by atoms with van der Waals surface area (Å²) in [6.07, 6.45) is 5.77. The first-order chi connectivity index (χ1) is 8.68. The maximum absolute atomic E-state index is 11.9. The Morgan fingerprint density at radius 2 is 2.17 bits per heavy atom. The van der Waals surface area contributed by atoms with Gasteiger partial charge in [-0.15, -0.1) is 0 Å². The summed E-state index contributed by atoms with van der Waals surface area (Å²) in [6.45, 7) is 2.82. The van der Waals surface area contributed by atoms with E-state index < -0.39 is 0 Å². The zero-order chi connectivity index (χ0) is 13.0. The standard InChI is InChI=1S/C13H25N3O2/c1-18-10-7-15-12(17)16-8-5-13(6-9-16)4-2-3-11(13)14/h11H,2-10,14H2,1H3,(H,15,17). The van der Waals surface area contributed by atoms with Gasteiger partial charge in [-0.2, -0.15) is 0 Å². The van der Waals surface area contributed by atoms with Crippen molar-refractivity contribution in [2.24, 2.45) is 11.1 Å². The number of ether oxygens (including phenoxy) is 1. The molecule has 5 nitrogen and oxygen atoms in total. The van der Waals surface area contributed by atoms with Gasteiger partial charge in [0.05, 0.1) is 6.61 Å². The van der Waals surface area contributed by atoms with Crippen LogP contribution in [0, 0.1) is 5.41 Å². The van der Waals surface area contributed by atoms with E-state index in [1.807, 2.05) is 4.90 Å². The van der Waals surface area contributed by atoms with E-state index in [0.717, 1.165) is 32.4 Å². The van der Waals surface area contributed by atoms with Gasteiger partial charge >= 0.3 is 6.03 Å². The molecule has 0 bridgehead atoms. The SMILES string of the molecule is COCCNC(=O)N1CCC2(CCCC2N)CC1. The van der Waals surface area contributed by atoms with Crippen LogP contribution in [-0.2, 0) is 4.74 Å². The van der Waals surface area contributed by atoms with Gasteiger partial charge in [0.15, 0.2) is 0 Å². The molecule has 2 amide bonds. The van der Waals surface area contributed by atoms with Crippen LogP contribution in [0.2, 0.25) is 0 Å². The predicted molar refractivity (Wildman–Crippen MR) is 70.3 cm³/mol. The molecule has 1 aliphatic heterocycles. The number of methoxy groups -OCH3 is 1. The Kier molecular flexibility index (Phi) is 4.45. The van der Waals surface area contributed by atoms with Gasteiger partial charge < -0.3 is 20.7 Å². The Morgan fingerprint density at radius 1 is 1.44 bits per heavy atom. The number of piperidine rings is 1. The highest BCUT2D eigenvalue weighted by atomic mass is 16.5. The van der Waals surface area contributed by atoms with Crippen LogP contribution in [0.15, 0.2) is 0 Å². The van der Waals surface area contributed by atoms with Gasteiger partial charge in [0.1, 0.15) is 0 Å². The highest BCUT2D eigenvalue weighted by molar-refractivity contribution is 5.74. The van der Waals surface area contributed by atoms with E-state index in [4.69, 9.17) is 10.5 Å². The largest absolute Gasteiger partial charge is 0.383 e. The van der Waals surface area contributed by atoms with Crippen molar-refractivity contribution in [1.29, 1.82) is 0 Å². The molecule has 1 aliphatic carbocycles. The highest BCUT2D eigenvalue weighted by Crippen LogP contribution is 2.45. The molecule has 1 atom stereocenters. The van der Waals surface area contributed by atoms with Crippen molar-refractivity contribution >= 4 is 6.03 Å². The fraction of sp³-hybridized carbons (Fsp3) is 0.923. The average molecular weight is 255 g/mol. The fourth-order valence-electron chi connectivity index (χ4n) is 3.31. The van der Waals surface area contributed by atoms with Crippen LogP contribution in [0.25, 0.3) is 0 Å². The van der Waals surface area contributed by atoms with Gasteiger partial charge in [-0.05, 0) is 31.1 Å². The number of nitrogens with zero attached hydrogens (tertiary/aromatic N) is 1. The number of carbonyl (C=O) groups is 1. The number of hydrogen-bond acceptors (Lipinski definition) is 3. The van der Waals surface area contributed by atoms with Gasteiger partial charge in [0.2, 0.25) is 0 Å². The molecule has 0 aromatic rings. The number of nitrogens with two attached hydrogens (primary N) is 1. The number of carbonyl (C=O) groups excluding carboxylic acids is 1. The topological polar surface area (TPSA) is 67.6 Å². The molecule has 2 fully saturated rings. The van der Waals surface area contributed by atoms with Crippen molar-refractivity contribution in [2.75, 3.05) is 33.4 Å². The van der Waals surface area contributed by atoms with E-state index in [2.05, 4.69) is 5.32 Å². The summed E-state index contributed by atoms with van der Waals surface area (Å²) in [5.74, 6) is 0. The van der Waals surface area contributed by atoms with Gasteiger partial charge in [-0.1, -0.05) is 6.42 Å². The Labute approximate surface area is 109 Å². The molecule has 1 unspecified atom stereocenters. The van der Waals surface area contributed by atoms with E-state index in [1.165, 1.54) is 12.8 Å². The Balaban J connectivity index is 1.77. The summed E-state index contributed by atoms with van der Waals surface area (Å²) >= 11 is 0. The second kappa shape index (κ2) is 5.89. The molecule has 1 saturated heterocycles. The van der Waals surface area contributed by atoms with Crippen molar-refractivity contribution in [3.05, 3.63) is 0 Å². The molecule has 0 radical (unpaired) electrons. The zero-order valence-corrected chi connectivity index (χ0v) is 11.3. The van der Waals surface area contributed by atoms with Gasteiger partial charge in [0, 0.05) is 32.8 Å². The molecule has 104 valence electrons. The first kappa shape index (κ1) is 13.6. The Hall–Kier alpha value is -0.810. The van der Waals surface area contributed by atoms with Crippen LogP contribution in [0.3, 0.4) is 0 Å². The summed E-state index contributed by atoms with van der Waals surface area (Å²) in [4.78, 5) is 13.8. The summed E-state index contributed by atoms with van der Waals surface area (Å²) < 4.78 is 4.92. The van der Waals surface area contributed by atoms with Crippen molar-refractivity contribution in [1.82, 2.24) is 10.2 Å². The lowest BCUT2D eigenvalue weighted by molar-refractivity contribution is 0.107. The van der Waals surface area contributed by atoms with Crippen LogP contribution in [0.4, 0.5) is 4.79 Å². The van der Waals surface area contributed by atoms with Crippen LogP contribution in [0.1, 0.15) is 32.1 Å². The van der Waals surface area contributed by atoms with E-state index in [9.17, 15) is 4.79 Å². The predicted octanol–water partition coefficient (Wildman–Crippen LogP) is 0.936. The molecule has 18 heavy (non-hydrogen) atoms. The van der Waals surface area contributed by atoms with Crippen LogP contribution >= 0.6 is 0 Å². The molecule has 2 rings (SSSR count). The third kappa shape index (κ3) is 2.78. The lowest BCUT2D eigenvalue weighted by Crippen LogP contribution is -2.51. The molecule has 5 heteroatoms. The molecule has 1 spiro atoms. The van der Waals surface area contributed by atoms with Gasteiger partial charge in [-0.25, -0.2) is 4.79 Å². The Morgan fingerprint density at radius 3 is 2.72 bits per heavy atom. The van der Waals surface area contributed by atoms with E-state index in [1.54, 1.807) is 7.11 Å². The van der Waals surface area contributed by atoms with E-state index in [0.29, 0.717) is 24.6 Å². The number of urea groups is 1. The first-order valence-corrected chi connectivity index (χ1v) is 6.95. The van der Waals surface area contributed by atoms with Crippen molar-refractivity contribution in [3.63, 3.8) is 0 Å². The summed E-state index contributed by atoms with van der Waals surface area (Å²) in [7, 11) is 1.64. The highest BCUT2D eigenvalue weighted by Gasteiger charge is 2.43. The molecular formula is C13H25N3O2. The van der Waals surface area contributed by atoms with Crippen molar-refractivity contribution in [3.8, 4) is 0 Å². The van der Waals surface area contributed by atoms with E-state index >= 15 is 0 Å². The number of rotatable bonds is 3. The van der Waals surface area contributed by atoms with Crippen LogP contribution in [-0.4, -0.2) is 50.3 Å². The summed E-state index contributed by atoms with van der Waals surface area (Å²) in [5, 5.41) is 2.87. The minimum Gasteiger partial charge on any atom is -0.383 e. The van der Waals surface area contributed by atoms with Gasteiger partial charge in [-0.3, -0.25) is 0 Å². The molecular weight excluding hydrogens is 230 g/mol. The molecule has 0 aromatic carbocycles. The summed E-state index contributed by atoms with van der Waals surface area (Å²) in [5.41, 5.74) is 6.55. The van der Waals surface area contributed by atoms with Crippen LogP contribution in [0.5, 0.6) is 0 Å². The van der Waals surface area contributed by atoms with Gasteiger partial charge in [0.25, 0.3) is 0 Å². The fourth-order valence-corrected chi connectivity index (χ4v) is 3.31. The number of hydrogen-bond donors (Lipinski definition) is 2. The third-order valence-corrected chi connectivity index (χ3v) is 4.61. The first-order valence-electron chi connectivity index (χ1n) is 6.95. The van der Waals surface area contributed by atoms with Crippen LogP contribution < -0.4 is 11.1 Å². The third-order valence-electron chi connectivity index (χ3n) is 4.61. The second-order valence-corrected chi connectivity index (χ2v) is 5.57. The zero-order valence-electron chi connectivity index (χ0n) is 11.3. The summed E-state index contributed by atoms with van der Waals surface area (Å²) in [6, 6.07) is 0.379. The lowest BCUT2D eigenvalue weighted by atomic mass is 9.74. The maximum atomic E-state index is 11.9. The Bertz CT molecular complexity index is 288. The second-order valence-electron chi connectivity index (χ2n) is 5.57. The minimum atomic E-state index is 0.0356. The molecule has 1 saturated carbocycles. The molecule has 2 aliphatic rings. The molecule has 1 heterocycles.